The molecule has 0 atom stereocenters. The molecule has 6 nitrogen and oxygen atoms in total. The molecule has 2 fully saturated rings. The lowest BCUT2D eigenvalue weighted by molar-refractivity contribution is -0.129. The van der Waals surface area contributed by atoms with Gasteiger partial charge in [-0.3, -0.25) is 9.69 Å². The van der Waals surface area contributed by atoms with Crippen molar-refractivity contribution >= 4 is 23.8 Å². The molecule has 0 unspecified atom stereocenters. The molecule has 7 heteroatoms. The molecular weight excluding hydrogens is 326 g/mol. The number of carbonyl (C=O) groups is 2. The summed E-state index contributed by atoms with van der Waals surface area (Å²) in [6.45, 7) is 5.86. The highest BCUT2D eigenvalue weighted by Gasteiger charge is 2.44. The van der Waals surface area contributed by atoms with E-state index in [0.717, 1.165) is 17.9 Å². The summed E-state index contributed by atoms with van der Waals surface area (Å²) in [5.41, 5.74) is -0.261. The molecule has 3 heterocycles. The molecule has 130 valence electrons. The van der Waals surface area contributed by atoms with E-state index < -0.39 is 0 Å². The van der Waals surface area contributed by atoms with Gasteiger partial charge in [0.05, 0.1) is 16.3 Å². The van der Waals surface area contributed by atoms with Crippen LogP contribution in [0, 0.1) is 0 Å². The predicted molar refractivity (Wildman–Crippen MR) is 91.8 cm³/mol. The standard InChI is InChI=1S/C17H23N3O3S/c1-17(2)12-23-16(22)20(17)13-6-9-19(10-7-13)15(21)11-24-14-5-3-4-8-18-14/h3-5,8,13H,6-7,9-12H2,1-2H3. The second-order valence-electron chi connectivity index (χ2n) is 6.81. The van der Waals surface area contributed by atoms with Gasteiger partial charge in [0.2, 0.25) is 5.91 Å². The normalized spacial score (nSPS) is 21.0. The Kier molecular flexibility index (Phi) is 4.99. The monoisotopic (exact) mass is 349 g/mol. The number of nitrogens with zero attached hydrogens (tertiary/aromatic N) is 3. The highest BCUT2D eigenvalue weighted by molar-refractivity contribution is 7.99. The zero-order chi connectivity index (χ0) is 17.2. The molecular formula is C17H23N3O3S. The molecule has 0 bridgehead atoms. The van der Waals surface area contributed by atoms with E-state index in [4.69, 9.17) is 4.74 Å². The van der Waals surface area contributed by atoms with Crippen molar-refractivity contribution in [2.45, 2.75) is 43.3 Å². The van der Waals surface area contributed by atoms with Gasteiger partial charge in [-0.15, -0.1) is 0 Å². The van der Waals surface area contributed by atoms with Crippen LogP contribution < -0.4 is 0 Å². The fourth-order valence-corrected chi connectivity index (χ4v) is 4.06. The molecule has 0 aliphatic carbocycles. The average molecular weight is 349 g/mol. The van der Waals surface area contributed by atoms with Crippen molar-refractivity contribution in [3.05, 3.63) is 24.4 Å². The van der Waals surface area contributed by atoms with E-state index in [9.17, 15) is 9.59 Å². The topological polar surface area (TPSA) is 62.7 Å². The minimum atomic E-state index is -0.261. The fraction of sp³-hybridized carbons (Fsp3) is 0.588. The van der Waals surface area contributed by atoms with Gasteiger partial charge < -0.3 is 9.64 Å². The van der Waals surface area contributed by atoms with Crippen molar-refractivity contribution in [1.82, 2.24) is 14.8 Å². The number of piperidine rings is 1. The molecule has 0 spiro atoms. The Labute approximate surface area is 146 Å². The van der Waals surface area contributed by atoms with Gasteiger partial charge in [0.15, 0.2) is 0 Å². The number of carbonyl (C=O) groups excluding carboxylic acids is 2. The van der Waals surface area contributed by atoms with Crippen molar-refractivity contribution in [1.29, 1.82) is 0 Å². The first-order chi connectivity index (χ1) is 11.5. The number of rotatable bonds is 4. The first-order valence-corrected chi connectivity index (χ1v) is 9.24. The smallest absolute Gasteiger partial charge is 0.410 e. The highest BCUT2D eigenvalue weighted by atomic mass is 32.2. The van der Waals surface area contributed by atoms with Crippen molar-refractivity contribution in [2.24, 2.45) is 0 Å². The second kappa shape index (κ2) is 7.01. The van der Waals surface area contributed by atoms with Crippen LogP contribution in [-0.2, 0) is 9.53 Å². The summed E-state index contributed by atoms with van der Waals surface area (Å²) in [5, 5.41) is 0.863. The van der Waals surface area contributed by atoms with Crippen molar-refractivity contribution in [2.75, 3.05) is 25.4 Å². The number of ether oxygens (including phenoxy) is 1. The number of likely N-dealkylation sites (tertiary alicyclic amines) is 1. The maximum atomic E-state index is 12.4. The Bertz CT molecular complexity index is 600. The van der Waals surface area contributed by atoms with Gasteiger partial charge in [-0.25, -0.2) is 9.78 Å². The largest absolute Gasteiger partial charge is 0.447 e. The summed E-state index contributed by atoms with van der Waals surface area (Å²) in [5.74, 6) is 0.534. The minimum Gasteiger partial charge on any atom is -0.447 e. The molecule has 0 aromatic carbocycles. The van der Waals surface area contributed by atoms with Gasteiger partial charge in [-0.2, -0.15) is 0 Å². The molecule has 2 saturated heterocycles. The van der Waals surface area contributed by atoms with Crippen LogP contribution in [0.3, 0.4) is 0 Å². The average Bonchev–Trinajstić information content (AvgIpc) is 2.87. The zero-order valence-electron chi connectivity index (χ0n) is 14.1. The molecule has 3 rings (SSSR count). The van der Waals surface area contributed by atoms with Gasteiger partial charge in [-0.1, -0.05) is 17.8 Å². The van der Waals surface area contributed by atoms with Crippen LogP contribution in [0.1, 0.15) is 26.7 Å². The molecule has 0 N–H and O–H groups in total. The Morgan fingerprint density at radius 2 is 2.12 bits per heavy atom. The Morgan fingerprint density at radius 3 is 2.71 bits per heavy atom. The van der Waals surface area contributed by atoms with Crippen LogP contribution in [0.5, 0.6) is 0 Å². The summed E-state index contributed by atoms with van der Waals surface area (Å²) in [7, 11) is 0. The Balaban J connectivity index is 1.50. The summed E-state index contributed by atoms with van der Waals surface area (Å²) in [6.07, 6.45) is 3.11. The number of amides is 2. The summed E-state index contributed by atoms with van der Waals surface area (Å²) in [4.78, 5) is 32.3. The number of pyridine rings is 1. The predicted octanol–water partition coefficient (Wildman–Crippen LogP) is 2.40. The van der Waals surface area contributed by atoms with Crippen molar-refractivity contribution in [3.63, 3.8) is 0 Å². The summed E-state index contributed by atoms with van der Waals surface area (Å²) >= 11 is 1.46. The van der Waals surface area contributed by atoms with Crippen LogP contribution in [0.4, 0.5) is 4.79 Å². The molecule has 24 heavy (non-hydrogen) atoms. The van der Waals surface area contributed by atoms with Gasteiger partial charge in [0.25, 0.3) is 0 Å². The van der Waals surface area contributed by atoms with Crippen LogP contribution in [-0.4, -0.2) is 63.8 Å². The van der Waals surface area contributed by atoms with Crippen LogP contribution in [0.25, 0.3) is 0 Å². The number of hydrogen-bond donors (Lipinski definition) is 0. The third kappa shape index (κ3) is 3.66. The van der Waals surface area contributed by atoms with Gasteiger partial charge in [0.1, 0.15) is 6.61 Å². The second-order valence-corrected chi connectivity index (χ2v) is 7.80. The number of hydrogen-bond acceptors (Lipinski definition) is 5. The lowest BCUT2D eigenvalue weighted by atomic mass is 9.97. The van der Waals surface area contributed by atoms with Crippen molar-refractivity contribution < 1.29 is 14.3 Å². The zero-order valence-corrected chi connectivity index (χ0v) is 14.9. The first-order valence-electron chi connectivity index (χ1n) is 8.25. The number of cyclic esters (lactones) is 1. The number of thioether (sulfide) groups is 1. The molecule has 2 aliphatic heterocycles. The Morgan fingerprint density at radius 1 is 1.38 bits per heavy atom. The van der Waals surface area contributed by atoms with E-state index in [1.165, 1.54) is 11.8 Å². The maximum absolute atomic E-state index is 12.4. The van der Waals surface area contributed by atoms with Crippen LogP contribution in [0.2, 0.25) is 0 Å². The SMILES string of the molecule is CC1(C)COC(=O)N1C1CCN(C(=O)CSc2ccccn2)CC1. The maximum Gasteiger partial charge on any atom is 0.410 e. The van der Waals surface area contributed by atoms with Gasteiger partial charge >= 0.3 is 6.09 Å². The molecule has 1 aromatic rings. The highest BCUT2D eigenvalue weighted by Crippen LogP contribution is 2.30. The van der Waals surface area contributed by atoms with E-state index in [-0.39, 0.29) is 23.6 Å². The van der Waals surface area contributed by atoms with Gasteiger partial charge in [0, 0.05) is 25.3 Å². The Hall–Kier alpha value is -1.76. The quantitative estimate of drug-likeness (QED) is 0.781. The van der Waals surface area contributed by atoms with Crippen LogP contribution in [0.15, 0.2) is 29.4 Å². The molecule has 1 aromatic heterocycles. The molecule has 0 saturated carbocycles. The lowest BCUT2D eigenvalue weighted by Crippen LogP contribution is -2.53. The summed E-state index contributed by atoms with van der Waals surface area (Å²) in [6, 6.07) is 5.84. The third-order valence-electron chi connectivity index (χ3n) is 4.56. The van der Waals surface area contributed by atoms with E-state index in [1.54, 1.807) is 6.20 Å². The van der Waals surface area contributed by atoms with E-state index in [0.29, 0.717) is 25.4 Å². The van der Waals surface area contributed by atoms with E-state index in [2.05, 4.69) is 4.98 Å². The van der Waals surface area contributed by atoms with Gasteiger partial charge in [-0.05, 0) is 38.8 Å². The van der Waals surface area contributed by atoms with Crippen molar-refractivity contribution in [3.8, 4) is 0 Å². The third-order valence-corrected chi connectivity index (χ3v) is 5.49. The van der Waals surface area contributed by atoms with Crippen LogP contribution >= 0.6 is 11.8 Å². The van der Waals surface area contributed by atoms with E-state index >= 15 is 0 Å². The lowest BCUT2D eigenvalue weighted by Gasteiger charge is -2.40. The number of aromatic nitrogens is 1. The summed E-state index contributed by atoms with van der Waals surface area (Å²) < 4.78 is 5.19. The van der Waals surface area contributed by atoms with E-state index in [1.807, 2.05) is 41.8 Å². The first kappa shape index (κ1) is 17.1. The molecule has 2 aliphatic rings. The minimum absolute atomic E-state index is 0.132. The molecule has 2 amide bonds. The molecule has 0 radical (unpaired) electrons. The fourth-order valence-electron chi connectivity index (χ4n) is 3.30.